The molecule has 1 aliphatic rings. The molecule has 0 aromatic heterocycles. The second kappa shape index (κ2) is 6.17. The molecular weight excluding hydrogens is 232 g/mol. The van der Waals surface area contributed by atoms with Gasteiger partial charge in [0.1, 0.15) is 0 Å². The van der Waals surface area contributed by atoms with Gasteiger partial charge in [0.05, 0.1) is 0 Å². The summed E-state index contributed by atoms with van der Waals surface area (Å²) in [7, 11) is -3.51. The Balaban J connectivity index is 0.00000106. The van der Waals surface area contributed by atoms with Gasteiger partial charge in [-0.05, 0) is 25.9 Å². The van der Waals surface area contributed by atoms with Crippen LogP contribution in [0.25, 0.3) is 0 Å². The van der Waals surface area contributed by atoms with E-state index in [1.165, 1.54) is 5.48 Å². The van der Waals surface area contributed by atoms with E-state index in [9.17, 15) is 13.2 Å². The van der Waals surface area contributed by atoms with Crippen LogP contribution in [0.15, 0.2) is 0 Å². The minimum atomic E-state index is -3.51. The predicted molar refractivity (Wildman–Crippen MR) is 61.0 cm³/mol. The van der Waals surface area contributed by atoms with Crippen molar-refractivity contribution in [3.05, 3.63) is 0 Å². The molecule has 0 aromatic carbocycles. The van der Waals surface area contributed by atoms with E-state index in [0.29, 0.717) is 13.1 Å². The molecular formula is C9H20N2O4S. The number of rotatable bonds is 2. The summed E-state index contributed by atoms with van der Waals surface area (Å²) < 4.78 is 21.6. The molecule has 1 saturated heterocycles. The van der Waals surface area contributed by atoms with E-state index in [1.54, 1.807) is 0 Å². The molecule has 6 nitrogen and oxygen atoms in total. The van der Waals surface area contributed by atoms with E-state index in [4.69, 9.17) is 5.21 Å². The molecule has 1 amide bonds. The van der Waals surface area contributed by atoms with Crippen molar-refractivity contribution in [1.82, 2.24) is 10.8 Å². The Morgan fingerprint density at radius 2 is 1.75 bits per heavy atom. The average molecular weight is 252 g/mol. The van der Waals surface area contributed by atoms with E-state index in [0.717, 1.165) is 6.26 Å². The van der Waals surface area contributed by atoms with Crippen molar-refractivity contribution in [2.24, 2.45) is 0 Å². The molecule has 7 heteroatoms. The van der Waals surface area contributed by atoms with E-state index in [2.05, 4.69) is 5.32 Å². The summed E-state index contributed by atoms with van der Waals surface area (Å²) in [6.07, 6.45) is 1.41. The van der Waals surface area contributed by atoms with Gasteiger partial charge in [-0.25, -0.2) is 13.9 Å². The predicted octanol–water partition coefficient (Wildman–Crippen LogP) is -0.315. The molecule has 0 bridgehead atoms. The Kier molecular flexibility index (Phi) is 5.91. The first-order valence-corrected chi connectivity index (χ1v) is 7.18. The number of sulfone groups is 1. The molecule has 0 aromatic rings. The van der Waals surface area contributed by atoms with Crippen LogP contribution in [-0.4, -0.2) is 43.6 Å². The first-order valence-electron chi connectivity index (χ1n) is 5.29. The summed E-state index contributed by atoms with van der Waals surface area (Å²) in [6.45, 7) is 4.92. The SMILES string of the molecule is CC.CS(=O)(=O)C1(C(=O)NO)CCNCC1. The summed E-state index contributed by atoms with van der Waals surface area (Å²) in [5.74, 6) is -0.832. The third-order valence-electron chi connectivity index (χ3n) is 2.64. The standard InChI is InChI=1S/C7H14N2O4S.C2H6/c1-14(12,13)7(6(10)9-11)2-4-8-5-3-7;1-2/h8,11H,2-5H2,1H3,(H,9,10);1-2H3. The van der Waals surface area contributed by atoms with Crippen molar-refractivity contribution in [2.45, 2.75) is 31.4 Å². The number of amides is 1. The summed E-state index contributed by atoms with van der Waals surface area (Å²) in [5, 5.41) is 11.5. The second-order valence-corrected chi connectivity index (χ2v) is 5.78. The van der Waals surface area contributed by atoms with Crippen molar-refractivity contribution >= 4 is 15.7 Å². The highest BCUT2D eigenvalue weighted by molar-refractivity contribution is 7.92. The minimum Gasteiger partial charge on any atom is -0.317 e. The molecule has 1 heterocycles. The number of hydrogen-bond acceptors (Lipinski definition) is 5. The highest BCUT2D eigenvalue weighted by atomic mass is 32.2. The third-order valence-corrected chi connectivity index (χ3v) is 4.65. The fourth-order valence-corrected chi connectivity index (χ4v) is 3.03. The van der Waals surface area contributed by atoms with Crippen LogP contribution >= 0.6 is 0 Å². The van der Waals surface area contributed by atoms with Crippen molar-refractivity contribution in [3.63, 3.8) is 0 Å². The van der Waals surface area contributed by atoms with Gasteiger partial charge in [0.2, 0.25) is 0 Å². The first-order chi connectivity index (χ1) is 7.44. The van der Waals surface area contributed by atoms with Gasteiger partial charge in [0.15, 0.2) is 14.6 Å². The first kappa shape index (κ1) is 15.3. The van der Waals surface area contributed by atoms with Crippen LogP contribution in [0, 0.1) is 0 Å². The van der Waals surface area contributed by atoms with Crippen LogP contribution in [0.5, 0.6) is 0 Å². The summed E-state index contributed by atoms with van der Waals surface area (Å²) >= 11 is 0. The zero-order valence-electron chi connectivity index (χ0n) is 9.91. The van der Waals surface area contributed by atoms with Crippen LogP contribution in [0.2, 0.25) is 0 Å². The molecule has 0 saturated carbocycles. The van der Waals surface area contributed by atoms with E-state index >= 15 is 0 Å². The Bertz CT molecular complexity index is 320. The zero-order valence-corrected chi connectivity index (χ0v) is 10.7. The summed E-state index contributed by atoms with van der Waals surface area (Å²) in [5.41, 5.74) is 1.44. The van der Waals surface area contributed by atoms with Gasteiger partial charge in [-0.3, -0.25) is 10.0 Å². The highest BCUT2D eigenvalue weighted by Gasteiger charge is 2.48. The van der Waals surface area contributed by atoms with Crippen molar-refractivity contribution < 1.29 is 18.4 Å². The maximum atomic E-state index is 11.5. The fourth-order valence-electron chi connectivity index (χ4n) is 1.70. The van der Waals surface area contributed by atoms with E-state index in [-0.39, 0.29) is 12.8 Å². The summed E-state index contributed by atoms with van der Waals surface area (Å²) in [6, 6.07) is 0. The maximum Gasteiger partial charge on any atom is 0.264 e. The Labute approximate surface area is 96.3 Å². The van der Waals surface area contributed by atoms with Crippen LogP contribution in [0.1, 0.15) is 26.7 Å². The molecule has 0 spiro atoms. The molecule has 1 aliphatic heterocycles. The van der Waals surface area contributed by atoms with Gasteiger partial charge in [-0.1, -0.05) is 13.8 Å². The number of piperidine rings is 1. The lowest BCUT2D eigenvalue weighted by Gasteiger charge is -2.33. The molecule has 3 N–H and O–H groups in total. The second-order valence-electron chi connectivity index (χ2n) is 3.46. The van der Waals surface area contributed by atoms with Crippen LogP contribution in [0.4, 0.5) is 0 Å². The molecule has 0 aliphatic carbocycles. The Hall–Kier alpha value is -0.660. The molecule has 0 radical (unpaired) electrons. The molecule has 0 atom stereocenters. The monoisotopic (exact) mass is 252 g/mol. The van der Waals surface area contributed by atoms with Crippen molar-refractivity contribution in [3.8, 4) is 0 Å². The third kappa shape index (κ3) is 2.93. The highest BCUT2D eigenvalue weighted by Crippen LogP contribution is 2.27. The maximum absolute atomic E-state index is 11.5. The number of nitrogens with one attached hydrogen (secondary N) is 2. The van der Waals surface area contributed by atoms with Gasteiger partial charge in [0.25, 0.3) is 5.91 Å². The quantitative estimate of drug-likeness (QED) is 0.462. The van der Waals surface area contributed by atoms with Crippen molar-refractivity contribution in [1.29, 1.82) is 0 Å². The van der Waals surface area contributed by atoms with Gasteiger partial charge in [0, 0.05) is 6.26 Å². The average Bonchev–Trinajstić information content (AvgIpc) is 2.30. The van der Waals surface area contributed by atoms with E-state index < -0.39 is 20.5 Å². The zero-order chi connectivity index (χ0) is 12.8. The smallest absolute Gasteiger partial charge is 0.264 e. The molecule has 0 unspecified atom stereocenters. The Morgan fingerprint density at radius 1 is 1.31 bits per heavy atom. The number of carbonyl (C=O) groups is 1. The van der Waals surface area contributed by atoms with Crippen LogP contribution < -0.4 is 10.8 Å². The fraction of sp³-hybridized carbons (Fsp3) is 0.889. The van der Waals surface area contributed by atoms with Gasteiger partial charge in [-0.15, -0.1) is 0 Å². The molecule has 16 heavy (non-hydrogen) atoms. The number of carbonyl (C=O) groups excluding carboxylic acids is 1. The summed E-state index contributed by atoms with van der Waals surface area (Å²) in [4.78, 5) is 11.4. The number of hydrogen-bond donors (Lipinski definition) is 3. The lowest BCUT2D eigenvalue weighted by Crippen LogP contribution is -2.56. The van der Waals surface area contributed by atoms with Gasteiger partial charge >= 0.3 is 0 Å². The van der Waals surface area contributed by atoms with Crippen molar-refractivity contribution in [2.75, 3.05) is 19.3 Å². The largest absolute Gasteiger partial charge is 0.317 e. The molecule has 96 valence electrons. The lowest BCUT2D eigenvalue weighted by molar-refractivity contribution is -0.132. The number of hydroxylamine groups is 1. The molecule has 1 rings (SSSR count). The normalized spacial score (nSPS) is 19.2. The van der Waals surface area contributed by atoms with Gasteiger partial charge in [-0.2, -0.15) is 0 Å². The Morgan fingerprint density at radius 3 is 2.06 bits per heavy atom. The topological polar surface area (TPSA) is 95.5 Å². The van der Waals surface area contributed by atoms with Crippen LogP contribution in [-0.2, 0) is 14.6 Å². The molecule has 1 fully saturated rings. The van der Waals surface area contributed by atoms with Gasteiger partial charge < -0.3 is 5.32 Å². The van der Waals surface area contributed by atoms with E-state index in [1.807, 2.05) is 13.8 Å². The minimum absolute atomic E-state index is 0.193. The van der Waals surface area contributed by atoms with Crippen LogP contribution in [0.3, 0.4) is 0 Å². The lowest BCUT2D eigenvalue weighted by atomic mass is 9.96.